The van der Waals surface area contributed by atoms with Crippen LogP contribution in [0.15, 0.2) is 24.3 Å². The minimum atomic E-state index is -0.989. The third kappa shape index (κ3) is 15.3. The van der Waals surface area contributed by atoms with Crippen LogP contribution in [0, 0.1) is 5.92 Å². The molecule has 236 valence electrons. The molecule has 0 aliphatic rings. The highest BCUT2D eigenvalue weighted by Gasteiger charge is 2.29. The van der Waals surface area contributed by atoms with E-state index in [1.54, 1.807) is 45.0 Å². The molecule has 0 saturated carbocycles. The molecule has 14 heteroatoms. The molecular formula is C28H42N2O10S2. The van der Waals surface area contributed by atoms with Crippen LogP contribution in [0.3, 0.4) is 0 Å². The second-order valence-electron chi connectivity index (χ2n) is 10.5. The zero-order valence-electron chi connectivity index (χ0n) is 25.3. The highest BCUT2D eigenvalue weighted by atomic mass is 33.1. The molecule has 0 unspecified atom stereocenters. The Hall–Kier alpha value is -2.97. The number of ether oxygens (including phenoxy) is 5. The molecule has 1 aromatic carbocycles. The van der Waals surface area contributed by atoms with Crippen molar-refractivity contribution in [1.82, 2.24) is 10.6 Å². The van der Waals surface area contributed by atoms with Crippen LogP contribution < -0.4 is 15.4 Å². The first-order valence-corrected chi connectivity index (χ1v) is 15.7. The normalized spacial score (nSPS) is 13.4. The molecule has 0 aliphatic heterocycles. The van der Waals surface area contributed by atoms with Crippen molar-refractivity contribution in [3.8, 4) is 5.75 Å². The average Bonchev–Trinajstić information content (AvgIpc) is 2.90. The van der Waals surface area contributed by atoms with E-state index in [0.29, 0.717) is 12.2 Å². The molecule has 1 aromatic rings. The lowest BCUT2D eigenvalue weighted by Crippen LogP contribution is -2.48. The van der Waals surface area contributed by atoms with Crippen LogP contribution in [0.2, 0.25) is 0 Å². The lowest BCUT2D eigenvalue weighted by atomic mass is 10.0. The predicted molar refractivity (Wildman–Crippen MR) is 160 cm³/mol. The summed E-state index contributed by atoms with van der Waals surface area (Å²) in [6.07, 6.45) is -1.20. The van der Waals surface area contributed by atoms with E-state index < -0.39 is 53.7 Å². The van der Waals surface area contributed by atoms with Crippen molar-refractivity contribution < 1.29 is 47.7 Å². The van der Waals surface area contributed by atoms with Crippen molar-refractivity contribution in [1.29, 1.82) is 0 Å². The van der Waals surface area contributed by atoms with Crippen LogP contribution in [0.1, 0.15) is 53.5 Å². The first-order chi connectivity index (χ1) is 19.6. The number of amides is 2. The van der Waals surface area contributed by atoms with Crippen molar-refractivity contribution in [2.24, 2.45) is 5.92 Å². The summed E-state index contributed by atoms with van der Waals surface area (Å²) in [7, 11) is 4.84. The maximum Gasteiger partial charge on any atom is 0.408 e. The Morgan fingerprint density at radius 3 is 1.83 bits per heavy atom. The van der Waals surface area contributed by atoms with Gasteiger partial charge >= 0.3 is 24.0 Å². The van der Waals surface area contributed by atoms with Gasteiger partial charge in [0.15, 0.2) is 0 Å². The third-order valence-electron chi connectivity index (χ3n) is 5.15. The highest BCUT2D eigenvalue weighted by Crippen LogP contribution is 2.24. The van der Waals surface area contributed by atoms with Gasteiger partial charge in [-0.15, -0.1) is 0 Å². The lowest BCUT2D eigenvalue weighted by molar-refractivity contribution is -0.146. The quantitative estimate of drug-likeness (QED) is 0.0900. The fraction of sp³-hybridized carbons (Fsp3) is 0.607. The largest absolute Gasteiger partial charge is 0.467 e. The number of methoxy groups -OCH3 is 2. The number of benzene rings is 1. The van der Waals surface area contributed by atoms with E-state index in [-0.39, 0.29) is 24.0 Å². The van der Waals surface area contributed by atoms with Gasteiger partial charge in [-0.2, -0.15) is 0 Å². The molecule has 0 aromatic heterocycles. The summed E-state index contributed by atoms with van der Waals surface area (Å²) < 4.78 is 25.8. The number of alkyl carbamates (subject to hydrolysis) is 1. The smallest absolute Gasteiger partial charge is 0.408 e. The molecule has 0 spiro atoms. The summed E-state index contributed by atoms with van der Waals surface area (Å²) in [6, 6.07) is 4.75. The van der Waals surface area contributed by atoms with Crippen LogP contribution in [-0.2, 0) is 44.7 Å². The van der Waals surface area contributed by atoms with Crippen LogP contribution in [0.25, 0.3) is 0 Å². The molecule has 3 atom stereocenters. The first kappa shape index (κ1) is 37.1. The molecule has 0 fully saturated rings. The van der Waals surface area contributed by atoms with Crippen molar-refractivity contribution in [3.05, 3.63) is 29.8 Å². The molecule has 0 saturated heterocycles. The van der Waals surface area contributed by atoms with E-state index in [1.807, 2.05) is 13.8 Å². The topological polar surface area (TPSA) is 156 Å². The zero-order valence-corrected chi connectivity index (χ0v) is 27.0. The zero-order chi connectivity index (χ0) is 31.9. The van der Waals surface area contributed by atoms with Gasteiger partial charge in [0.2, 0.25) is 5.91 Å². The number of carbonyl (C=O) groups excluding carboxylic acids is 5. The Labute approximate surface area is 255 Å². The molecule has 42 heavy (non-hydrogen) atoms. The number of hydrogen-bond acceptors (Lipinski definition) is 12. The summed E-state index contributed by atoms with van der Waals surface area (Å²) in [5.74, 6) is -1.42. The molecule has 0 radical (unpaired) electrons. The number of rotatable bonds is 16. The Balaban J connectivity index is 2.78. The van der Waals surface area contributed by atoms with E-state index in [2.05, 4.69) is 10.6 Å². The average molecular weight is 631 g/mol. The lowest BCUT2D eigenvalue weighted by Gasteiger charge is -2.23. The number of carbonyl (C=O) groups is 5. The van der Waals surface area contributed by atoms with E-state index in [4.69, 9.17) is 23.7 Å². The Morgan fingerprint density at radius 1 is 0.857 bits per heavy atom. The molecule has 2 amide bonds. The second-order valence-corrected chi connectivity index (χ2v) is 13.1. The van der Waals surface area contributed by atoms with Crippen molar-refractivity contribution in [2.45, 2.75) is 78.4 Å². The highest BCUT2D eigenvalue weighted by molar-refractivity contribution is 8.76. The fourth-order valence-corrected chi connectivity index (χ4v) is 5.56. The van der Waals surface area contributed by atoms with Gasteiger partial charge in [-0.1, -0.05) is 47.6 Å². The maximum atomic E-state index is 13.2. The van der Waals surface area contributed by atoms with Gasteiger partial charge in [0.25, 0.3) is 0 Å². The minimum absolute atomic E-state index is 0.119. The standard InChI is InChI=1S/C28H42N2O10S2/c1-17(2)13-23(38-14-19-9-11-20(12-10-19)39-18(3)31)24(32)29-21(25(33)36-7)15-41-42-16-22(26(34)37-8)30-27(35)40-28(4,5)6/h9-12,17,21-23H,13-16H2,1-8H3,(H,29,32)(H,30,35)/t21-,22-,23-/m0/s1. The third-order valence-corrected chi connectivity index (χ3v) is 7.57. The van der Waals surface area contributed by atoms with Crippen molar-refractivity contribution >= 4 is 51.5 Å². The molecular weight excluding hydrogens is 588 g/mol. The summed E-state index contributed by atoms with van der Waals surface area (Å²) in [5, 5.41) is 5.19. The summed E-state index contributed by atoms with van der Waals surface area (Å²) in [6.45, 7) is 10.4. The van der Waals surface area contributed by atoms with Gasteiger partial charge in [-0.25, -0.2) is 14.4 Å². The van der Waals surface area contributed by atoms with Crippen LogP contribution in [-0.4, -0.2) is 79.4 Å². The molecule has 1 rings (SSSR count). The van der Waals surface area contributed by atoms with Crippen LogP contribution in [0.5, 0.6) is 5.75 Å². The van der Waals surface area contributed by atoms with Gasteiger partial charge in [0.1, 0.15) is 29.5 Å². The number of esters is 3. The van der Waals surface area contributed by atoms with E-state index in [1.165, 1.54) is 42.7 Å². The van der Waals surface area contributed by atoms with Gasteiger partial charge in [0, 0.05) is 18.4 Å². The van der Waals surface area contributed by atoms with Crippen molar-refractivity contribution in [3.63, 3.8) is 0 Å². The molecule has 12 nitrogen and oxygen atoms in total. The minimum Gasteiger partial charge on any atom is -0.467 e. The summed E-state index contributed by atoms with van der Waals surface area (Å²) >= 11 is 0. The fourth-order valence-electron chi connectivity index (χ4n) is 3.26. The maximum absolute atomic E-state index is 13.2. The summed E-state index contributed by atoms with van der Waals surface area (Å²) in [5.41, 5.74) is 0.0232. The Bertz CT molecular complexity index is 1040. The van der Waals surface area contributed by atoms with Crippen molar-refractivity contribution in [2.75, 3.05) is 25.7 Å². The van der Waals surface area contributed by atoms with Gasteiger partial charge < -0.3 is 34.3 Å². The molecule has 0 bridgehead atoms. The predicted octanol–water partition coefficient (Wildman–Crippen LogP) is 3.65. The van der Waals surface area contributed by atoms with E-state index in [9.17, 15) is 24.0 Å². The second kappa shape index (κ2) is 18.5. The SMILES string of the molecule is COC(=O)[C@H](CSSC[C@H](NC(=O)[C@H](CC(C)C)OCc1ccc(OC(C)=O)cc1)C(=O)OC)NC(=O)OC(C)(C)C. The van der Waals surface area contributed by atoms with Gasteiger partial charge in [-0.05, 0) is 50.8 Å². The van der Waals surface area contributed by atoms with E-state index in [0.717, 1.165) is 5.56 Å². The molecule has 2 N–H and O–H groups in total. The van der Waals surface area contributed by atoms with Crippen LogP contribution >= 0.6 is 21.6 Å². The molecule has 0 aliphatic carbocycles. The Morgan fingerprint density at radius 2 is 1.38 bits per heavy atom. The van der Waals surface area contributed by atoms with Gasteiger partial charge in [0.05, 0.1) is 20.8 Å². The first-order valence-electron chi connectivity index (χ1n) is 13.2. The Kier molecular flexibility index (Phi) is 16.4. The van der Waals surface area contributed by atoms with Gasteiger partial charge in [-0.3, -0.25) is 9.59 Å². The van der Waals surface area contributed by atoms with E-state index >= 15 is 0 Å². The summed E-state index contributed by atoms with van der Waals surface area (Å²) in [4.78, 5) is 61.0. The van der Waals surface area contributed by atoms with Crippen LogP contribution in [0.4, 0.5) is 4.79 Å². The monoisotopic (exact) mass is 630 g/mol. The number of nitrogens with one attached hydrogen (secondary N) is 2. The molecule has 0 heterocycles. The number of hydrogen-bond donors (Lipinski definition) is 2.